The molecule has 1 heterocycles. The van der Waals surface area contributed by atoms with Crippen LogP contribution in [0.15, 0.2) is 18.2 Å². The number of carbonyl (C=O) groups is 3. The van der Waals surface area contributed by atoms with Gasteiger partial charge in [-0.25, -0.2) is 0 Å². The standard InChI is InChI=1S/C19H23Cl2N3O3/c20-15-4-3-14(11-16(15)21)18(26)23-8-7-22-17(25)12-5-9-24(10-6-12)19(27)13-1-2-13/h3-4,11-13H,1-2,5-10H2,(H,22,25)(H,23,26). The molecule has 2 N–H and O–H groups in total. The van der Waals surface area contributed by atoms with Crippen LogP contribution in [-0.2, 0) is 9.59 Å². The van der Waals surface area contributed by atoms with Crippen LogP contribution in [0.2, 0.25) is 10.0 Å². The van der Waals surface area contributed by atoms with Crippen molar-refractivity contribution in [1.82, 2.24) is 15.5 Å². The number of nitrogens with zero attached hydrogens (tertiary/aromatic N) is 1. The number of carbonyl (C=O) groups excluding carboxylic acids is 3. The molecule has 0 spiro atoms. The van der Waals surface area contributed by atoms with Gasteiger partial charge in [-0.3, -0.25) is 14.4 Å². The van der Waals surface area contributed by atoms with Gasteiger partial charge < -0.3 is 15.5 Å². The van der Waals surface area contributed by atoms with Gasteiger partial charge in [0.15, 0.2) is 0 Å². The van der Waals surface area contributed by atoms with E-state index in [9.17, 15) is 14.4 Å². The van der Waals surface area contributed by atoms with E-state index >= 15 is 0 Å². The lowest BCUT2D eigenvalue weighted by molar-refractivity contribution is -0.136. The van der Waals surface area contributed by atoms with Crippen LogP contribution in [0.25, 0.3) is 0 Å². The van der Waals surface area contributed by atoms with E-state index in [1.165, 1.54) is 6.07 Å². The number of nitrogens with one attached hydrogen (secondary N) is 2. The fourth-order valence-electron chi connectivity index (χ4n) is 3.20. The van der Waals surface area contributed by atoms with E-state index in [-0.39, 0.29) is 29.6 Å². The maximum atomic E-state index is 12.3. The molecule has 1 aromatic carbocycles. The maximum Gasteiger partial charge on any atom is 0.251 e. The van der Waals surface area contributed by atoms with Crippen molar-refractivity contribution in [3.05, 3.63) is 33.8 Å². The van der Waals surface area contributed by atoms with Gasteiger partial charge in [-0.05, 0) is 43.9 Å². The zero-order valence-electron chi connectivity index (χ0n) is 15.0. The van der Waals surface area contributed by atoms with Gasteiger partial charge in [-0.15, -0.1) is 0 Å². The van der Waals surface area contributed by atoms with E-state index in [1.807, 2.05) is 4.90 Å². The number of amides is 3. The molecule has 1 saturated carbocycles. The van der Waals surface area contributed by atoms with E-state index in [2.05, 4.69) is 10.6 Å². The van der Waals surface area contributed by atoms with Crippen LogP contribution in [0, 0.1) is 11.8 Å². The third kappa shape index (κ3) is 5.36. The van der Waals surface area contributed by atoms with E-state index < -0.39 is 0 Å². The number of halogens is 2. The zero-order valence-corrected chi connectivity index (χ0v) is 16.5. The van der Waals surface area contributed by atoms with Crippen LogP contribution >= 0.6 is 23.2 Å². The van der Waals surface area contributed by atoms with Gasteiger partial charge in [-0.2, -0.15) is 0 Å². The smallest absolute Gasteiger partial charge is 0.251 e. The largest absolute Gasteiger partial charge is 0.354 e. The molecule has 6 nitrogen and oxygen atoms in total. The minimum absolute atomic E-state index is 0.0164. The first kappa shape index (κ1) is 20.0. The minimum Gasteiger partial charge on any atom is -0.354 e. The Labute approximate surface area is 168 Å². The molecule has 0 radical (unpaired) electrons. The number of benzene rings is 1. The predicted octanol–water partition coefficient (Wildman–Crippen LogP) is 2.49. The SMILES string of the molecule is O=C(NCCNC(=O)C1CCN(C(=O)C2CC2)CC1)c1ccc(Cl)c(Cl)c1. The summed E-state index contributed by atoms with van der Waals surface area (Å²) in [5.74, 6) is 0.124. The average Bonchev–Trinajstić information content (AvgIpc) is 3.52. The summed E-state index contributed by atoms with van der Waals surface area (Å²) in [7, 11) is 0. The molecule has 0 atom stereocenters. The number of hydrogen-bond donors (Lipinski definition) is 2. The number of likely N-dealkylation sites (tertiary alicyclic amines) is 1. The lowest BCUT2D eigenvalue weighted by atomic mass is 9.95. The first-order valence-corrected chi connectivity index (χ1v) is 10.0. The van der Waals surface area contributed by atoms with Gasteiger partial charge in [0.05, 0.1) is 10.0 Å². The summed E-state index contributed by atoms with van der Waals surface area (Å²) in [5.41, 5.74) is 0.420. The summed E-state index contributed by atoms with van der Waals surface area (Å²) in [6, 6.07) is 4.67. The molecule has 0 aromatic heterocycles. The Morgan fingerprint density at radius 2 is 1.59 bits per heavy atom. The molecule has 1 aromatic rings. The van der Waals surface area contributed by atoms with Crippen molar-refractivity contribution in [2.45, 2.75) is 25.7 Å². The molecule has 3 amide bonds. The van der Waals surface area contributed by atoms with E-state index in [4.69, 9.17) is 23.2 Å². The molecular weight excluding hydrogens is 389 g/mol. The van der Waals surface area contributed by atoms with Crippen LogP contribution in [0.5, 0.6) is 0 Å². The van der Waals surface area contributed by atoms with Gasteiger partial charge in [0.25, 0.3) is 5.91 Å². The zero-order chi connectivity index (χ0) is 19.4. The van der Waals surface area contributed by atoms with Gasteiger partial charge in [0, 0.05) is 43.6 Å². The minimum atomic E-state index is -0.269. The molecule has 2 aliphatic rings. The highest BCUT2D eigenvalue weighted by atomic mass is 35.5. The molecule has 27 heavy (non-hydrogen) atoms. The fraction of sp³-hybridized carbons (Fsp3) is 0.526. The van der Waals surface area contributed by atoms with Crippen molar-refractivity contribution >= 4 is 40.9 Å². The molecule has 0 bridgehead atoms. The highest BCUT2D eigenvalue weighted by Crippen LogP contribution is 2.32. The Morgan fingerprint density at radius 1 is 0.926 bits per heavy atom. The van der Waals surface area contributed by atoms with E-state index in [0.717, 1.165) is 12.8 Å². The van der Waals surface area contributed by atoms with Crippen molar-refractivity contribution in [3.63, 3.8) is 0 Å². The number of hydrogen-bond acceptors (Lipinski definition) is 3. The molecule has 0 unspecified atom stereocenters. The van der Waals surface area contributed by atoms with Crippen LogP contribution < -0.4 is 10.6 Å². The first-order chi connectivity index (χ1) is 13.0. The van der Waals surface area contributed by atoms with Crippen LogP contribution in [-0.4, -0.2) is 48.8 Å². The first-order valence-electron chi connectivity index (χ1n) is 9.25. The second-order valence-corrected chi connectivity index (χ2v) is 7.86. The Bertz CT molecular complexity index is 729. The predicted molar refractivity (Wildman–Crippen MR) is 104 cm³/mol. The Balaban J connectivity index is 1.34. The molecule has 2 fully saturated rings. The van der Waals surface area contributed by atoms with Crippen molar-refractivity contribution in [1.29, 1.82) is 0 Å². The molecule has 1 aliphatic heterocycles. The topological polar surface area (TPSA) is 78.5 Å². The van der Waals surface area contributed by atoms with Crippen molar-refractivity contribution < 1.29 is 14.4 Å². The highest BCUT2D eigenvalue weighted by Gasteiger charge is 2.35. The lowest BCUT2D eigenvalue weighted by Gasteiger charge is -2.31. The third-order valence-corrected chi connectivity index (χ3v) is 5.73. The van der Waals surface area contributed by atoms with Crippen LogP contribution in [0.4, 0.5) is 0 Å². The van der Waals surface area contributed by atoms with Gasteiger partial charge >= 0.3 is 0 Å². The summed E-state index contributed by atoms with van der Waals surface area (Å²) < 4.78 is 0. The maximum absolute atomic E-state index is 12.3. The van der Waals surface area contributed by atoms with Gasteiger partial charge in [-0.1, -0.05) is 23.2 Å². The highest BCUT2D eigenvalue weighted by molar-refractivity contribution is 6.42. The molecule has 146 valence electrons. The van der Waals surface area contributed by atoms with Gasteiger partial charge in [0.2, 0.25) is 11.8 Å². The quantitative estimate of drug-likeness (QED) is 0.705. The monoisotopic (exact) mass is 411 g/mol. The average molecular weight is 412 g/mol. The number of rotatable bonds is 6. The normalized spacial score (nSPS) is 17.5. The Kier molecular flexibility index (Phi) is 6.60. The Hall–Kier alpha value is -1.79. The van der Waals surface area contributed by atoms with Crippen molar-refractivity contribution in [3.8, 4) is 0 Å². The number of piperidine rings is 1. The summed E-state index contributed by atoms with van der Waals surface area (Å²) in [6.45, 7) is 1.99. The molecule has 1 aliphatic carbocycles. The third-order valence-electron chi connectivity index (χ3n) is 5.00. The molecule has 1 saturated heterocycles. The summed E-state index contributed by atoms with van der Waals surface area (Å²) >= 11 is 11.7. The molecule has 8 heteroatoms. The molecule has 3 rings (SSSR count). The summed E-state index contributed by atoms with van der Waals surface area (Å²) in [4.78, 5) is 38.2. The van der Waals surface area contributed by atoms with Crippen molar-refractivity contribution in [2.24, 2.45) is 11.8 Å². The summed E-state index contributed by atoms with van der Waals surface area (Å²) in [5, 5.41) is 6.31. The van der Waals surface area contributed by atoms with E-state index in [0.29, 0.717) is 54.6 Å². The van der Waals surface area contributed by atoms with Crippen molar-refractivity contribution in [2.75, 3.05) is 26.2 Å². The fourth-order valence-corrected chi connectivity index (χ4v) is 3.49. The summed E-state index contributed by atoms with van der Waals surface area (Å²) in [6.07, 6.45) is 3.40. The van der Waals surface area contributed by atoms with Crippen LogP contribution in [0.3, 0.4) is 0 Å². The van der Waals surface area contributed by atoms with E-state index in [1.54, 1.807) is 12.1 Å². The van der Waals surface area contributed by atoms with Gasteiger partial charge in [0.1, 0.15) is 0 Å². The lowest BCUT2D eigenvalue weighted by Crippen LogP contribution is -2.44. The second-order valence-electron chi connectivity index (χ2n) is 7.05. The molecular formula is C19H23Cl2N3O3. The van der Waals surface area contributed by atoms with Crippen LogP contribution in [0.1, 0.15) is 36.0 Å². The second kappa shape index (κ2) is 8.93. The Morgan fingerprint density at radius 3 is 2.22 bits per heavy atom.